The van der Waals surface area contributed by atoms with Gasteiger partial charge in [-0.25, -0.2) is 10.6 Å². The van der Waals surface area contributed by atoms with Gasteiger partial charge >= 0.3 is 6.09 Å². The molecule has 0 heterocycles. The molecule has 0 radical (unpaired) electrons. The van der Waals surface area contributed by atoms with Crippen molar-refractivity contribution in [3.8, 4) is 0 Å². The van der Waals surface area contributed by atoms with Crippen molar-refractivity contribution in [1.82, 2.24) is 10.3 Å². The minimum Gasteiger partial charge on any atom is -0.453 e. The molecule has 0 aromatic heterocycles. The number of nitrogens with two attached hydrogens (primary N) is 1. The predicted octanol–water partition coefficient (Wildman–Crippen LogP) is 1.07. The molecule has 1 unspecified atom stereocenters. The molecule has 0 spiro atoms. The van der Waals surface area contributed by atoms with E-state index in [1.165, 1.54) is 12.0 Å². The third-order valence-electron chi connectivity index (χ3n) is 2.97. The van der Waals surface area contributed by atoms with Crippen LogP contribution < -0.4 is 11.3 Å². The highest BCUT2D eigenvalue weighted by Gasteiger charge is 2.29. The largest absolute Gasteiger partial charge is 0.453 e. The Bertz CT molecular complexity index is 437. The molecule has 0 saturated heterocycles. The first-order chi connectivity index (χ1) is 9.63. The van der Waals surface area contributed by atoms with E-state index in [-0.39, 0.29) is 0 Å². The fraction of sp³-hybridized carbons (Fsp3) is 0.429. The van der Waals surface area contributed by atoms with Gasteiger partial charge in [0.05, 0.1) is 7.11 Å². The Kier molecular flexibility index (Phi) is 6.52. The minimum absolute atomic E-state index is 0.388. The summed E-state index contributed by atoms with van der Waals surface area (Å²) in [7, 11) is 1.30. The van der Waals surface area contributed by atoms with Gasteiger partial charge in [0.1, 0.15) is 6.04 Å². The normalized spacial score (nSPS) is 11.6. The van der Waals surface area contributed by atoms with Crippen LogP contribution in [0.25, 0.3) is 0 Å². The number of nitrogens with one attached hydrogen (secondary N) is 1. The van der Waals surface area contributed by atoms with Crippen molar-refractivity contribution < 1.29 is 14.3 Å². The Labute approximate surface area is 118 Å². The molecule has 20 heavy (non-hydrogen) atoms. The van der Waals surface area contributed by atoms with E-state index in [0.29, 0.717) is 13.0 Å². The number of carbonyl (C=O) groups excluding carboxylic acids is 2. The smallest absolute Gasteiger partial charge is 0.410 e. The lowest BCUT2D eigenvalue weighted by Gasteiger charge is -2.29. The van der Waals surface area contributed by atoms with Gasteiger partial charge in [-0.3, -0.25) is 15.1 Å². The number of carbonyl (C=O) groups is 2. The summed E-state index contributed by atoms with van der Waals surface area (Å²) in [5.74, 6) is 4.81. The van der Waals surface area contributed by atoms with E-state index in [1.807, 2.05) is 37.3 Å². The molecule has 0 aliphatic heterocycles. The highest BCUT2D eigenvalue weighted by atomic mass is 16.5. The topological polar surface area (TPSA) is 84.7 Å². The van der Waals surface area contributed by atoms with Gasteiger partial charge in [0.2, 0.25) is 0 Å². The summed E-state index contributed by atoms with van der Waals surface area (Å²) >= 11 is 0. The number of methoxy groups -OCH3 is 1. The van der Waals surface area contributed by atoms with Crippen LogP contribution in [0.2, 0.25) is 0 Å². The third kappa shape index (κ3) is 4.24. The summed E-state index contributed by atoms with van der Waals surface area (Å²) in [4.78, 5) is 25.2. The number of hydrogen-bond donors (Lipinski definition) is 2. The summed E-state index contributed by atoms with van der Waals surface area (Å²) < 4.78 is 4.74. The van der Waals surface area contributed by atoms with Crippen molar-refractivity contribution in [3.63, 3.8) is 0 Å². The number of amides is 2. The number of rotatable bonds is 6. The lowest BCUT2D eigenvalue weighted by Crippen LogP contribution is -2.52. The van der Waals surface area contributed by atoms with Crippen LogP contribution in [0.1, 0.15) is 18.9 Å². The van der Waals surface area contributed by atoms with Gasteiger partial charge in [-0.1, -0.05) is 37.3 Å². The first kappa shape index (κ1) is 16.0. The van der Waals surface area contributed by atoms with Crippen LogP contribution in [-0.4, -0.2) is 36.6 Å². The zero-order valence-electron chi connectivity index (χ0n) is 11.8. The molecule has 6 heteroatoms. The molecular formula is C14H21N3O3. The Morgan fingerprint density at radius 1 is 1.35 bits per heavy atom. The van der Waals surface area contributed by atoms with Gasteiger partial charge in [-0.15, -0.1) is 0 Å². The Hall–Kier alpha value is -2.08. The maximum absolute atomic E-state index is 12.0. The van der Waals surface area contributed by atoms with Gasteiger partial charge in [-0.05, 0) is 12.0 Å². The van der Waals surface area contributed by atoms with Crippen LogP contribution >= 0.6 is 0 Å². The van der Waals surface area contributed by atoms with Crippen LogP contribution in [0.3, 0.4) is 0 Å². The van der Waals surface area contributed by atoms with Gasteiger partial charge in [0.25, 0.3) is 5.91 Å². The molecule has 110 valence electrons. The molecule has 2 amide bonds. The van der Waals surface area contributed by atoms with E-state index in [4.69, 9.17) is 10.6 Å². The Balaban J connectivity index is 2.97. The number of hydrazine groups is 1. The van der Waals surface area contributed by atoms with Crippen molar-refractivity contribution >= 4 is 12.0 Å². The molecule has 0 saturated carbocycles. The van der Waals surface area contributed by atoms with E-state index in [0.717, 1.165) is 12.0 Å². The maximum atomic E-state index is 12.0. The first-order valence-corrected chi connectivity index (χ1v) is 6.53. The van der Waals surface area contributed by atoms with E-state index in [2.05, 4.69) is 5.43 Å². The predicted molar refractivity (Wildman–Crippen MR) is 75.7 cm³/mol. The molecule has 1 rings (SSSR count). The molecular weight excluding hydrogens is 258 g/mol. The van der Waals surface area contributed by atoms with Gasteiger partial charge in [-0.2, -0.15) is 0 Å². The second kappa shape index (κ2) is 8.16. The molecule has 6 nitrogen and oxygen atoms in total. The van der Waals surface area contributed by atoms with Crippen molar-refractivity contribution in [2.45, 2.75) is 25.8 Å². The van der Waals surface area contributed by atoms with Crippen LogP contribution in [-0.2, 0) is 16.0 Å². The fourth-order valence-electron chi connectivity index (χ4n) is 2.01. The average molecular weight is 279 g/mol. The zero-order valence-corrected chi connectivity index (χ0v) is 11.8. The van der Waals surface area contributed by atoms with Crippen LogP contribution in [0.5, 0.6) is 0 Å². The molecule has 0 fully saturated rings. The molecule has 3 N–H and O–H groups in total. The van der Waals surface area contributed by atoms with E-state index in [9.17, 15) is 9.59 Å². The maximum Gasteiger partial charge on any atom is 0.410 e. The van der Waals surface area contributed by atoms with Crippen LogP contribution in [0.4, 0.5) is 4.79 Å². The summed E-state index contributed by atoms with van der Waals surface area (Å²) in [6.07, 6.45) is 0.577. The molecule has 1 aromatic carbocycles. The molecule has 0 bridgehead atoms. The standard InChI is InChI=1S/C14H21N3O3/c1-3-9-17(14(19)20-2)12(13(18)16-15)10-11-7-5-4-6-8-11/h4-8,12H,3,9-10,15H2,1-2H3,(H,16,18). The lowest BCUT2D eigenvalue weighted by atomic mass is 10.0. The number of nitrogens with zero attached hydrogens (tertiary/aromatic N) is 1. The average Bonchev–Trinajstić information content (AvgIpc) is 2.50. The van der Waals surface area contributed by atoms with Crippen molar-refractivity contribution in [1.29, 1.82) is 0 Å². The number of benzene rings is 1. The monoisotopic (exact) mass is 279 g/mol. The third-order valence-corrected chi connectivity index (χ3v) is 2.97. The summed E-state index contributed by atoms with van der Waals surface area (Å²) in [5.41, 5.74) is 3.06. The van der Waals surface area contributed by atoms with Crippen LogP contribution in [0, 0.1) is 0 Å². The summed E-state index contributed by atoms with van der Waals surface area (Å²) in [6, 6.07) is 8.78. The molecule has 1 atom stereocenters. The highest BCUT2D eigenvalue weighted by molar-refractivity contribution is 5.85. The second-order valence-corrected chi connectivity index (χ2v) is 4.38. The minimum atomic E-state index is -0.685. The summed E-state index contributed by atoms with van der Waals surface area (Å²) in [5, 5.41) is 0. The molecule has 0 aliphatic rings. The summed E-state index contributed by atoms with van der Waals surface area (Å²) in [6.45, 7) is 2.35. The fourth-order valence-corrected chi connectivity index (χ4v) is 2.01. The quantitative estimate of drug-likeness (QED) is 0.463. The van der Waals surface area contributed by atoms with Crippen LogP contribution in [0.15, 0.2) is 30.3 Å². The van der Waals surface area contributed by atoms with E-state index in [1.54, 1.807) is 0 Å². The van der Waals surface area contributed by atoms with Gasteiger partial charge < -0.3 is 4.74 Å². The number of hydrogen-bond acceptors (Lipinski definition) is 4. The van der Waals surface area contributed by atoms with Gasteiger partial charge in [0.15, 0.2) is 0 Å². The van der Waals surface area contributed by atoms with E-state index < -0.39 is 18.0 Å². The van der Waals surface area contributed by atoms with Gasteiger partial charge in [0, 0.05) is 13.0 Å². The zero-order chi connectivity index (χ0) is 15.0. The van der Waals surface area contributed by atoms with Crippen molar-refractivity contribution in [2.75, 3.05) is 13.7 Å². The second-order valence-electron chi connectivity index (χ2n) is 4.38. The first-order valence-electron chi connectivity index (χ1n) is 6.53. The van der Waals surface area contributed by atoms with E-state index >= 15 is 0 Å². The number of ether oxygens (including phenoxy) is 1. The SMILES string of the molecule is CCCN(C(=O)OC)C(Cc1ccccc1)C(=O)NN. The Morgan fingerprint density at radius 2 is 2.00 bits per heavy atom. The molecule has 1 aromatic rings. The van der Waals surface area contributed by atoms with Crippen molar-refractivity contribution in [3.05, 3.63) is 35.9 Å². The molecule has 0 aliphatic carbocycles. The highest BCUT2D eigenvalue weighted by Crippen LogP contribution is 2.11. The van der Waals surface area contributed by atoms with Crippen molar-refractivity contribution in [2.24, 2.45) is 5.84 Å². The Morgan fingerprint density at radius 3 is 2.50 bits per heavy atom. The lowest BCUT2D eigenvalue weighted by molar-refractivity contribution is -0.126.